The SMILES string of the molecule is c1ccc(-c2nc(-c3ccc4oc5cc(-c6nc(-c7ccc(-c8ccc(-c9nc(-c%10ccc%11oc%12c(-c%13nc(-c%14ccccc%14)c%14sc%15ccccc%15c%14n%13)cccc%12c%11c%10)nc(-n%10c%11ccccc%11c%11ccccc%11%10)n9)cc8)cc7)c7sc8ccccc8c7n6)ccc5c4c3)nc(-n3c4ccccc4c4ccccc43)n2)cc1. The molecule has 0 amide bonds. The van der Waals surface area contributed by atoms with Crippen LogP contribution in [0.1, 0.15) is 0 Å². The van der Waals surface area contributed by atoms with Gasteiger partial charge in [-0.3, -0.25) is 9.13 Å². The molecule has 0 atom stereocenters. The Morgan fingerprint density at radius 3 is 1.12 bits per heavy atom. The third-order valence-corrected chi connectivity index (χ3v) is 24.3. The summed E-state index contributed by atoms with van der Waals surface area (Å²) in [5.41, 5.74) is 19.5. The summed E-state index contributed by atoms with van der Waals surface area (Å²) in [6.07, 6.45) is 0. The van der Waals surface area contributed by atoms with Gasteiger partial charge in [0.25, 0.3) is 0 Å². The van der Waals surface area contributed by atoms with Crippen LogP contribution in [-0.4, -0.2) is 59.0 Å². The van der Waals surface area contributed by atoms with Gasteiger partial charge in [0, 0.05) is 102 Å². The van der Waals surface area contributed by atoms with Gasteiger partial charge in [0.15, 0.2) is 34.9 Å². The van der Waals surface area contributed by atoms with Crippen LogP contribution in [0.3, 0.4) is 0 Å². The Morgan fingerprint density at radius 2 is 0.588 bits per heavy atom. The number of benzene rings is 14. The van der Waals surface area contributed by atoms with E-state index in [2.05, 4.69) is 276 Å². The number of nitrogens with zero attached hydrogens (tertiary/aromatic N) is 12. The van der Waals surface area contributed by atoms with Crippen molar-refractivity contribution in [3.05, 3.63) is 328 Å². The lowest BCUT2D eigenvalue weighted by molar-refractivity contribution is 0.669. The van der Waals surface area contributed by atoms with E-state index in [0.717, 1.165) is 184 Å². The van der Waals surface area contributed by atoms with E-state index in [9.17, 15) is 0 Å². The Labute approximate surface area is 655 Å². The van der Waals surface area contributed by atoms with Crippen LogP contribution in [0.15, 0.2) is 336 Å². The highest BCUT2D eigenvalue weighted by Crippen LogP contribution is 2.46. The molecule has 24 rings (SSSR count). The summed E-state index contributed by atoms with van der Waals surface area (Å²) in [4.78, 5) is 53.1. The van der Waals surface area contributed by atoms with Crippen LogP contribution in [0.25, 0.3) is 242 Å². The molecule has 0 aliphatic heterocycles. The zero-order valence-electron chi connectivity index (χ0n) is 60.2. The van der Waals surface area contributed by atoms with E-state index in [4.69, 9.17) is 58.7 Å². The van der Waals surface area contributed by atoms with Crippen LogP contribution in [0, 0.1) is 0 Å². The van der Waals surface area contributed by atoms with E-state index < -0.39 is 0 Å². The van der Waals surface area contributed by atoms with Crippen LogP contribution in [0.5, 0.6) is 0 Å². The molecule has 10 heterocycles. The van der Waals surface area contributed by atoms with Gasteiger partial charge in [-0.1, -0.05) is 237 Å². The molecule has 16 heteroatoms. The number of fused-ring (bicyclic) bond motifs is 18. The van der Waals surface area contributed by atoms with Gasteiger partial charge in [0.05, 0.1) is 59.5 Å². The number of hydrogen-bond donors (Lipinski definition) is 0. The van der Waals surface area contributed by atoms with Crippen molar-refractivity contribution in [3.63, 3.8) is 0 Å². The van der Waals surface area contributed by atoms with Crippen molar-refractivity contribution in [2.45, 2.75) is 0 Å². The molecule has 0 bridgehead atoms. The highest BCUT2D eigenvalue weighted by atomic mass is 32.1. The van der Waals surface area contributed by atoms with Gasteiger partial charge in [-0.25, -0.2) is 29.9 Å². The van der Waals surface area contributed by atoms with Gasteiger partial charge in [-0.2, -0.15) is 19.9 Å². The molecule has 24 aromatic rings. The number of thiophene rings is 2. The van der Waals surface area contributed by atoms with Gasteiger partial charge in [-0.05, 0) is 102 Å². The number of furan rings is 2. The first-order valence-electron chi connectivity index (χ1n) is 37.6. The van der Waals surface area contributed by atoms with Gasteiger partial charge in [0.1, 0.15) is 22.3 Å². The maximum absolute atomic E-state index is 6.87. The normalized spacial score (nSPS) is 12.0. The summed E-state index contributed by atoms with van der Waals surface area (Å²) in [5, 5.41) is 10.4. The minimum absolute atomic E-state index is 0.501. The number of hydrogen-bond acceptors (Lipinski definition) is 14. The van der Waals surface area contributed by atoms with Crippen molar-refractivity contribution in [3.8, 4) is 114 Å². The Morgan fingerprint density at radius 1 is 0.219 bits per heavy atom. The maximum Gasteiger partial charge on any atom is 0.238 e. The minimum atomic E-state index is 0.501. The second kappa shape index (κ2) is 25.2. The van der Waals surface area contributed by atoms with Gasteiger partial charge in [-0.15, -0.1) is 22.7 Å². The Bertz CT molecular complexity index is 8020. The van der Waals surface area contributed by atoms with Gasteiger partial charge >= 0.3 is 0 Å². The van der Waals surface area contributed by atoms with E-state index >= 15 is 0 Å². The van der Waals surface area contributed by atoms with Crippen LogP contribution < -0.4 is 0 Å². The quantitative estimate of drug-likeness (QED) is 0.120. The molecule has 0 saturated heterocycles. The molecule has 14 aromatic carbocycles. The van der Waals surface area contributed by atoms with Crippen LogP contribution in [-0.2, 0) is 0 Å². The predicted molar refractivity (Wildman–Crippen MR) is 462 cm³/mol. The molecule has 0 aliphatic rings. The first kappa shape index (κ1) is 63.8. The molecule has 14 nitrogen and oxygen atoms in total. The van der Waals surface area contributed by atoms with Crippen molar-refractivity contribution < 1.29 is 8.83 Å². The molecule has 10 aromatic heterocycles. The molecular formula is C98H54N12O2S2. The summed E-state index contributed by atoms with van der Waals surface area (Å²) in [7, 11) is 0. The average molecular weight is 1500 g/mol. The minimum Gasteiger partial charge on any atom is -0.456 e. The summed E-state index contributed by atoms with van der Waals surface area (Å²) < 4.78 is 22.2. The molecule has 0 N–H and O–H groups in total. The third-order valence-electron chi connectivity index (χ3n) is 21.9. The van der Waals surface area contributed by atoms with Crippen LogP contribution >= 0.6 is 22.7 Å². The predicted octanol–water partition coefficient (Wildman–Crippen LogP) is 25.4. The van der Waals surface area contributed by atoms with E-state index in [0.29, 0.717) is 58.0 Å². The van der Waals surface area contributed by atoms with Gasteiger partial charge < -0.3 is 8.83 Å². The Kier molecular flexibility index (Phi) is 14.1. The largest absolute Gasteiger partial charge is 0.456 e. The maximum atomic E-state index is 6.87. The molecular weight excluding hydrogens is 1440 g/mol. The molecule has 0 radical (unpaired) electrons. The zero-order valence-corrected chi connectivity index (χ0v) is 61.8. The van der Waals surface area contributed by atoms with Crippen molar-refractivity contribution in [2.24, 2.45) is 0 Å². The van der Waals surface area contributed by atoms with Gasteiger partial charge in [0.2, 0.25) is 11.9 Å². The average Bonchev–Trinajstić information content (AvgIpc) is 1.59. The van der Waals surface area contributed by atoms with Crippen LogP contribution in [0.4, 0.5) is 0 Å². The second-order valence-electron chi connectivity index (χ2n) is 28.6. The lowest BCUT2D eigenvalue weighted by Gasteiger charge is -2.11. The number of rotatable bonds is 11. The fourth-order valence-electron chi connectivity index (χ4n) is 16.5. The van der Waals surface area contributed by atoms with Crippen LogP contribution in [0.2, 0.25) is 0 Å². The lowest BCUT2D eigenvalue weighted by atomic mass is 10.0. The molecule has 0 unspecified atom stereocenters. The summed E-state index contributed by atoms with van der Waals surface area (Å²) in [5.74, 6) is 4.40. The van der Waals surface area contributed by atoms with Crippen molar-refractivity contribution in [1.82, 2.24) is 59.0 Å². The number of aromatic nitrogens is 12. The lowest BCUT2D eigenvalue weighted by Crippen LogP contribution is -2.06. The summed E-state index contributed by atoms with van der Waals surface area (Å²) in [6, 6.07) is 113. The number of para-hydroxylation sites is 5. The second-order valence-corrected chi connectivity index (χ2v) is 30.7. The monoisotopic (exact) mass is 1490 g/mol. The molecule has 0 aliphatic carbocycles. The highest BCUT2D eigenvalue weighted by molar-refractivity contribution is 7.26. The van der Waals surface area contributed by atoms with E-state index in [1.165, 1.54) is 0 Å². The fraction of sp³-hybridized carbons (Fsp3) is 0. The first-order valence-corrected chi connectivity index (χ1v) is 39.2. The zero-order chi connectivity index (χ0) is 74.6. The first-order chi connectivity index (χ1) is 56.4. The summed E-state index contributed by atoms with van der Waals surface area (Å²) >= 11 is 3.43. The van der Waals surface area contributed by atoms with Crippen molar-refractivity contribution in [1.29, 1.82) is 0 Å². The van der Waals surface area contributed by atoms with Crippen molar-refractivity contribution in [2.75, 3.05) is 0 Å². The van der Waals surface area contributed by atoms with E-state index in [1.807, 2.05) is 60.7 Å². The third kappa shape index (κ3) is 10.2. The molecule has 114 heavy (non-hydrogen) atoms. The Balaban J connectivity index is 0.574. The molecule has 530 valence electrons. The van der Waals surface area contributed by atoms with E-state index in [1.54, 1.807) is 22.7 Å². The van der Waals surface area contributed by atoms with Crippen molar-refractivity contribution >= 4 is 151 Å². The fourth-order valence-corrected chi connectivity index (χ4v) is 18.8. The molecule has 0 spiro atoms. The Hall–Kier alpha value is -15.1. The smallest absolute Gasteiger partial charge is 0.238 e. The van der Waals surface area contributed by atoms with E-state index in [-0.39, 0.29) is 0 Å². The standard InChI is InChI=1S/C98H54N12O2S2/c1-3-20-57(21-4-1)84-89-87(71-29-12-18-37-83(71)113-89)102-96(100-84)72-31-19-30-69-74-53-62(48-51-80(74)112-88(69)72)95-104-92(106-98(108-95)110-77-34-15-9-26-66(77)67-27-10-16-35-78(67)110)60-44-40-56(41-45-60)55-38-42-58(43-39-55)85-90-86(70-28-11-17-36-82(70)114-90)101-93(99-85)63-46-49-68-73-52-61(47-50-79(73)111-81(68)54-63)94-103-91(59-22-5-2-6-23-59)105-97(107-94)109-75-32-13-7-24-64(75)65-25-8-14-33-76(65)109/h1-54H. The summed E-state index contributed by atoms with van der Waals surface area (Å²) in [6.45, 7) is 0. The molecule has 0 saturated carbocycles. The molecule has 0 fully saturated rings. The topological polar surface area (TPSA) is 165 Å². The highest BCUT2D eigenvalue weighted by Gasteiger charge is 2.26.